The van der Waals surface area contributed by atoms with E-state index in [1.165, 1.54) is 9.13 Å². The minimum absolute atomic E-state index is 0.0291. The summed E-state index contributed by atoms with van der Waals surface area (Å²) in [4.78, 5) is 0. The lowest BCUT2D eigenvalue weighted by atomic mass is 10.0. The largest absolute Gasteiger partial charge is 0.376 e. The second-order valence-corrected chi connectivity index (χ2v) is 5.99. The van der Waals surface area contributed by atoms with Gasteiger partial charge in [0.25, 0.3) is 0 Å². The maximum absolute atomic E-state index is 6.02. The van der Waals surface area contributed by atoms with E-state index in [9.17, 15) is 0 Å². The Labute approximate surface area is 126 Å². The molecule has 5 heteroatoms. The van der Waals surface area contributed by atoms with Gasteiger partial charge < -0.3 is 18.9 Å². The van der Waals surface area contributed by atoms with Gasteiger partial charge in [-0.3, -0.25) is 0 Å². The van der Waals surface area contributed by atoms with Crippen LogP contribution in [0, 0.1) is 3.57 Å². The number of fused-ring (bicyclic) bond motifs is 2. The summed E-state index contributed by atoms with van der Waals surface area (Å²) < 4.78 is 24.0. The Morgan fingerprint density at radius 1 is 1.32 bits per heavy atom. The Morgan fingerprint density at radius 3 is 2.95 bits per heavy atom. The second-order valence-electron chi connectivity index (χ2n) is 4.83. The predicted octanol–water partition coefficient (Wildman–Crippen LogP) is 2.34. The van der Waals surface area contributed by atoms with Gasteiger partial charge in [0.1, 0.15) is 12.2 Å². The standard InChI is InChI=1S/C14H17IO4/c1-16-12-6-11(13-8-18-14(12)19-13)17-7-9-4-2-3-5-10(9)15/h2-5,11-14H,6-8H2,1H3/t11-,12+,13+,14+/m0/s1. The summed E-state index contributed by atoms with van der Waals surface area (Å²) >= 11 is 2.33. The highest BCUT2D eigenvalue weighted by Gasteiger charge is 2.44. The van der Waals surface area contributed by atoms with Crippen molar-refractivity contribution in [3.8, 4) is 0 Å². The fourth-order valence-electron chi connectivity index (χ4n) is 2.52. The van der Waals surface area contributed by atoms with E-state index in [0.29, 0.717) is 13.2 Å². The number of hydrogen-bond acceptors (Lipinski definition) is 4. The second kappa shape index (κ2) is 6.05. The molecule has 1 aromatic rings. The van der Waals surface area contributed by atoms with Crippen molar-refractivity contribution in [1.82, 2.24) is 0 Å². The van der Waals surface area contributed by atoms with Crippen LogP contribution >= 0.6 is 22.6 Å². The molecule has 19 heavy (non-hydrogen) atoms. The maximum Gasteiger partial charge on any atom is 0.184 e. The third-order valence-corrected chi connectivity index (χ3v) is 4.68. The number of benzene rings is 1. The van der Waals surface area contributed by atoms with E-state index in [-0.39, 0.29) is 24.6 Å². The Kier molecular flexibility index (Phi) is 4.38. The lowest BCUT2D eigenvalue weighted by molar-refractivity contribution is -0.200. The van der Waals surface area contributed by atoms with Crippen molar-refractivity contribution in [1.29, 1.82) is 0 Å². The number of hydrogen-bond donors (Lipinski definition) is 0. The molecule has 0 saturated carbocycles. The van der Waals surface area contributed by atoms with Gasteiger partial charge in [0, 0.05) is 17.1 Å². The molecular weight excluding hydrogens is 359 g/mol. The third kappa shape index (κ3) is 2.95. The number of ether oxygens (including phenoxy) is 4. The average Bonchev–Trinajstić information content (AvgIpc) is 2.85. The summed E-state index contributed by atoms with van der Waals surface area (Å²) in [6.45, 7) is 1.20. The Hall–Kier alpha value is -0.210. The summed E-state index contributed by atoms with van der Waals surface area (Å²) in [6.07, 6.45) is 0.665. The van der Waals surface area contributed by atoms with Crippen LogP contribution in [0.15, 0.2) is 24.3 Å². The molecule has 3 rings (SSSR count). The predicted molar refractivity (Wildman–Crippen MR) is 77.8 cm³/mol. The average molecular weight is 376 g/mol. The van der Waals surface area contributed by atoms with Crippen LogP contribution in [-0.2, 0) is 25.6 Å². The topological polar surface area (TPSA) is 36.9 Å². The van der Waals surface area contributed by atoms with Crippen LogP contribution in [0.1, 0.15) is 12.0 Å². The van der Waals surface area contributed by atoms with Crippen LogP contribution in [0.5, 0.6) is 0 Å². The molecular formula is C14H17IO4. The normalized spacial score (nSPS) is 33.6. The molecule has 4 atom stereocenters. The van der Waals surface area contributed by atoms with E-state index < -0.39 is 0 Å². The molecule has 4 nitrogen and oxygen atoms in total. The Balaban J connectivity index is 1.62. The van der Waals surface area contributed by atoms with Crippen molar-refractivity contribution in [3.63, 3.8) is 0 Å². The summed E-state index contributed by atoms with van der Waals surface area (Å²) in [6, 6.07) is 8.24. The zero-order valence-corrected chi connectivity index (χ0v) is 12.9. The van der Waals surface area contributed by atoms with E-state index in [0.717, 1.165) is 6.42 Å². The van der Waals surface area contributed by atoms with Gasteiger partial charge in [-0.05, 0) is 34.2 Å². The highest BCUT2D eigenvalue weighted by Crippen LogP contribution is 2.31. The van der Waals surface area contributed by atoms with Gasteiger partial charge >= 0.3 is 0 Å². The van der Waals surface area contributed by atoms with E-state index in [1.54, 1.807) is 7.11 Å². The van der Waals surface area contributed by atoms with Crippen molar-refractivity contribution in [2.24, 2.45) is 0 Å². The molecule has 0 radical (unpaired) electrons. The fraction of sp³-hybridized carbons (Fsp3) is 0.571. The van der Waals surface area contributed by atoms with Gasteiger partial charge in [-0.25, -0.2) is 0 Å². The first-order valence-electron chi connectivity index (χ1n) is 6.43. The molecule has 0 N–H and O–H groups in total. The highest BCUT2D eigenvalue weighted by atomic mass is 127. The molecule has 1 aromatic carbocycles. The van der Waals surface area contributed by atoms with E-state index in [4.69, 9.17) is 18.9 Å². The monoisotopic (exact) mass is 376 g/mol. The lowest BCUT2D eigenvalue weighted by Crippen LogP contribution is -2.44. The minimum atomic E-state index is -0.216. The first-order chi connectivity index (χ1) is 9.28. The molecule has 0 amide bonds. The molecule has 2 bridgehead atoms. The maximum atomic E-state index is 6.02. The third-order valence-electron chi connectivity index (χ3n) is 3.63. The van der Waals surface area contributed by atoms with Crippen LogP contribution < -0.4 is 0 Å². The van der Waals surface area contributed by atoms with E-state index in [2.05, 4.69) is 34.7 Å². The van der Waals surface area contributed by atoms with Gasteiger partial charge in [-0.1, -0.05) is 18.2 Å². The highest BCUT2D eigenvalue weighted by molar-refractivity contribution is 14.1. The summed E-state index contributed by atoms with van der Waals surface area (Å²) in [5.74, 6) is 0. The van der Waals surface area contributed by atoms with Gasteiger partial charge in [-0.2, -0.15) is 0 Å². The molecule has 2 saturated heterocycles. The molecule has 2 aliphatic heterocycles. The first kappa shape index (κ1) is 13.8. The molecule has 0 unspecified atom stereocenters. The smallest absolute Gasteiger partial charge is 0.184 e. The van der Waals surface area contributed by atoms with E-state index >= 15 is 0 Å². The molecule has 0 aromatic heterocycles. The molecule has 104 valence electrons. The van der Waals surface area contributed by atoms with Crippen molar-refractivity contribution < 1.29 is 18.9 Å². The fourth-order valence-corrected chi connectivity index (χ4v) is 3.06. The SMILES string of the molecule is CO[C@@H]1C[C@H](OCc2ccccc2I)[C@H]2CO[C@@H]1O2. The van der Waals surface area contributed by atoms with Gasteiger partial charge in [-0.15, -0.1) is 0 Å². The van der Waals surface area contributed by atoms with Crippen LogP contribution in [0.2, 0.25) is 0 Å². The zero-order chi connectivity index (χ0) is 13.2. The van der Waals surface area contributed by atoms with Crippen LogP contribution in [0.4, 0.5) is 0 Å². The Bertz CT molecular complexity index is 439. The van der Waals surface area contributed by atoms with Crippen molar-refractivity contribution >= 4 is 22.6 Å². The lowest BCUT2D eigenvalue weighted by Gasteiger charge is -2.32. The van der Waals surface area contributed by atoms with Crippen molar-refractivity contribution in [2.45, 2.75) is 37.6 Å². The van der Waals surface area contributed by atoms with Crippen molar-refractivity contribution in [2.75, 3.05) is 13.7 Å². The van der Waals surface area contributed by atoms with Gasteiger partial charge in [0.2, 0.25) is 0 Å². The summed E-state index contributed by atoms with van der Waals surface area (Å²) in [5, 5.41) is 0. The van der Waals surface area contributed by atoms with Gasteiger partial charge in [0.05, 0.1) is 19.3 Å². The van der Waals surface area contributed by atoms with Gasteiger partial charge in [0.15, 0.2) is 6.29 Å². The van der Waals surface area contributed by atoms with E-state index in [1.807, 2.05) is 12.1 Å². The van der Waals surface area contributed by atoms with Crippen LogP contribution in [-0.4, -0.2) is 38.3 Å². The number of halogens is 1. The zero-order valence-electron chi connectivity index (χ0n) is 10.8. The first-order valence-corrected chi connectivity index (χ1v) is 7.50. The summed E-state index contributed by atoms with van der Waals surface area (Å²) in [5.41, 5.74) is 1.21. The quantitative estimate of drug-likeness (QED) is 0.757. The molecule has 0 aliphatic carbocycles. The molecule has 2 aliphatic rings. The molecule has 2 fully saturated rings. The number of rotatable bonds is 4. The molecule has 2 heterocycles. The minimum Gasteiger partial charge on any atom is -0.376 e. The molecule has 0 spiro atoms. The van der Waals surface area contributed by atoms with Crippen molar-refractivity contribution in [3.05, 3.63) is 33.4 Å². The van der Waals surface area contributed by atoms with Crippen LogP contribution in [0.25, 0.3) is 0 Å². The number of methoxy groups -OCH3 is 1. The Morgan fingerprint density at radius 2 is 2.16 bits per heavy atom. The summed E-state index contributed by atoms with van der Waals surface area (Å²) in [7, 11) is 1.69. The van der Waals surface area contributed by atoms with Crippen LogP contribution in [0.3, 0.4) is 0 Å².